The van der Waals surface area contributed by atoms with E-state index >= 15 is 0 Å². The number of hydrogen-bond donors (Lipinski definition) is 1. The Balaban J connectivity index is 1.19. The second-order valence-corrected chi connectivity index (χ2v) is 9.19. The van der Waals surface area contributed by atoms with Gasteiger partial charge < -0.3 is 10.1 Å². The number of carbonyl (C=O) groups is 2. The molecule has 34 heavy (non-hydrogen) atoms. The maximum Gasteiger partial charge on any atom is 0.258 e. The fourth-order valence-electron chi connectivity index (χ4n) is 4.08. The van der Waals surface area contributed by atoms with Crippen LogP contribution in [0.1, 0.15) is 39.9 Å². The van der Waals surface area contributed by atoms with Crippen molar-refractivity contribution in [2.75, 3.05) is 19.7 Å². The molecule has 0 atom stereocenters. The van der Waals surface area contributed by atoms with E-state index in [0.29, 0.717) is 21.9 Å². The summed E-state index contributed by atoms with van der Waals surface area (Å²) < 4.78 is 5.62. The molecule has 1 heterocycles. The van der Waals surface area contributed by atoms with Gasteiger partial charge in [0, 0.05) is 41.8 Å². The van der Waals surface area contributed by atoms with Crippen LogP contribution in [0.4, 0.5) is 0 Å². The van der Waals surface area contributed by atoms with E-state index in [2.05, 4.69) is 41.4 Å². The minimum atomic E-state index is -0.127. The minimum absolute atomic E-state index is 0.0476. The van der Waals surface area contributed by atoms with E-state index in [-0.39, 0.29) is 24.3 Å². The van der Waals surface area contributed by atoms with Crippen LogP contribution in [0.5, 0.6) is 5.75 Å². The molecule has 5 nitrogen and oxygen atoms in total. The summed E-state index contributed by atoms with van der Waals surface area (Å²) in [7, 11) is 0. The largest absolute Gasteiger partial charge is 0.484 e. The predicted molar refractivity (Wildman–Crippen MR) is 134 cm³/mol. The molecule has 0 aromatic heterocycles. The Morgan fingerprint density at radius 1 is 0.912 bits per heavy atom. The number of rotatable bonds is 8. The lowest BCUT2D eigenvalue weighted by Crippen LogP contribution is -2.45. The number of piperidine rings is 1. The molecule has 4 rings (SSSR count). The molecule has 1 amide bonds. The second kappa shape index (κ2) is 11.3. The molecule has 1 aliphatic heterocycles. The topological polar surface area (TPSA) is 58.6 Å². The number of amides is 1. The number of ketones is 1. The van der Waals surface area contributed by atoms with Crippen molar-refractivity contribution in [2.45, 2.75) is 32.4 Å². The minimum Gasteiger partial charge on any atom is -0.484 e. The van der Waals surface area contributed by atoms with Gasteiger partial charge in [0.15, 0.2) is 12.4 Å². The summed E-state index contributed by atoms with van der Waals surface area (Å²) >= 11 is 5.88. The predicted octanol–water partition coefficient (Wildman–Crippen LogP) is 5.04. The van der Waals surface area contributed by atoms with Gasteiger partial charge in [0.1, 0.15) is 5.75 Å². The van der Waals surface area contributed by atoms with Crippen molar-refractivity contribution in [3.63, 3.8) is 0 Å². The molecule has 1 saturated heterocycles. The van der Waals surface area contributed by atoms with E-state index in [1.54, 1.807) is 48.5 Å². The third-order valence-electron chi connectivity index (χ3n) is 6.07. The number of benzene rings is 3. The van der Waals surface area contributed by atoms with Gasteiger partial charge in [-0.05, 0) is 73.9 Å². The molecule has 1 fully saturated rings. The van der Waals surface area contributed by atoms with E-state index in [9.17, 15) is 9.59 Å². The van der Waals surface area contributed by atoms with Crippen LogP contribution in [0.15, 0.2) is 72.8 Å². The fraction of sp³-hybridized carbons (Fsp3) is 0.286. The van der Waals surface area contributed by atoms with Crippen molar-refractivity contribution in [1.29, 1.82) is 0 Å². The van der Waals surface area contributed by atoms with Crippen LogP contribution in [0.25, 0.3) is 0 Å². The van der Waals surface area contributed by atoms with E-state index in [0.717, 1.165) is 32.5 Å². The summed E-state index contributed by atoms with van der Waals surface area (Å²) in [6, 6.07) is 22.4. The molecule has 3 aromatic rings. The van der Waals surface area contributed by atoms with Gasteiger partial charge in [-0.3, -0.25) is 14.5 Å². The Hall–Kier alpha value is -3.15. The Kier molecular flexibility index (Phi) is 7.99. The number of nitrogens with zero attached hydrogens (tertiary/aromatic N) is 1. The number of likely N-dealkylation sites (tertiary alicyclic amines) is 1. The highest BCUT2D eigenvalue weighted by Gasteiger charge is 2.21. The van der Waals surface area contributed by atoms with Crippen LogP contribution >= 0.6 is 11.6 Å². The Bertz CT molecular complexity index is 1100. The monoisotopic (exact) mass is 476 g/mol. The van der Waals surface area contributed by atoms with Gasteiger partial charge in [-0.25, -0.2) is 0 Å². The average molecular weight is 477 g/mol. The normalized spacial score (nSPS) is 14.5. The number of aryl methyl sites for hydroxylation is 1. The quantitative estimate of drug-likeness (QED) is 0.463. The Morgan fingerprint density at radius 3 is 2.12 bits per heavy atom. The number of ether oxygens (including phenoxy) is 1. The van der Waals surface area contributed by atoms with Gasteiger partial charge in [-0.2, -0.15) is 0 Å². The molecule has 0 aliphatic carbocycles. The van der Waals surface area contributed by atoms with Crippen LogP contribution in [0.2, 0.25) is 5.02 Å². The van der Waals surface area contributed by atoms with Gasteiger partial charge in [-0.1, -0.05) is 41.4 Å². The summed E-state index contributed by atoms with van der Waals surface area (Å²) in [5.74, 6) is 0.337. The lowest BCUT2D eigenvalue weighted by molar-refractivity contribution is -0.124. The maximum absolute atomic E-state index is 12.5. The third kappa shape index (κ3) is 6.69. The zero-order valence-corrected chi connectivity index (χ0v) is 20.1. The summed E-state index contributed by atoms with van der Waals surface area (Å²) in [4.78, 5) is 27.3. The summed E-state index contributed by atoms with van der Waals surface area (Å²) in [6.45, 7) is 4.92. The number of hydrogen-bond acceptors (Lipinski definition) is 4. The highest BCUT2D eigenvalue weighted by Crippen LogP contribution is 2.18. The molecule has 176 valence electrons. The zero-order chi connectivity index (χ0) is 23.9. The first-order chi connectivity index (χ1) is 16.5. The summed E-state index contributed by atoms with van der Waals surface area (Å²) in [5, 5.41) is 3.67. The lowest BCUT2D eigenvalue weighted by Gasteiger charge is -2.32. The Labute approximate surface area is 205 Å². The standard InChI is InChI=1S/C28H29ClN2O3/c1-20-2-4-21(5-3-20)18-31-16-14-25(15-17-31)30-27(32)19-34-26-12-8-23(9-13-26)28(33)22-6-10-24(29)11-7-22/h2-13,25H,14-19H2,1H3,(H,30,32). The van der Waals surface area contributed by atoms with E-state index in [1.807, 2.05) is 0 Å². The van der Waals surface area contributed by atoms with E-state index < -0.39 is 0 Å². The maximum atomic E-state index is 12.5. The molecular formula is C28H29ClN2O3. The van der Waals surface area contributed by atoms with Gasteiger partial charge in [0.05, 0.1) is 0 Å². The first kappa shape index (κ1) is 24.0. The van der Waals surface area contributed by atoms with Crippen LogP contribution < -0.4 is 10.1 Å². The van der Waals surface area contributed by atoms with Gasteiger partial charge >= 0.3 is 0 Å². The average Bonchev–Trinajstić information content (AvgIpc) is 2.86. The second-order valence-electron chi connectivity index (χ2n) is 8.75. The van der Waals surface area contributed by atoms with E-state index in [1.165, 1.54) is 11.1 Å². The number of carbonyl (C=O) groups excluding carboxylic acids is 2. The molecule has 0 spiro atoms. The van der Waals surface area contributed by atoms with Crippen molar-refractivity contribution in [3.05, 3.63) is 100 Å². The molecular weight excluding hydrogens is 448 g/mol. The number of nitrogens with one attached hydrogen (secondary N) is 1. The molecule has 3 aromatic carbocycles. The summed E-state index contributed by atoms with van der Waals surface area (Å²) in [6.07, 6.45) is 1.86. The first-order valence-electron chi connectivity index (χ1n) is 11.6. The van der Waals surface area contributed by atoms with Crippen molar-refractivity contribution < 1.29 is 14.3 Å². The third-order valence-corrected chi connectivity index (χ3v) is 6.32. The van der Waals surface area contributed by atoms with Crippen molar-refractivity contribution in [2.24, 2.45) is 0 Å². The SMILES string of the molecule is Cc1ccc(CN2CCC(NC(=O)COc3ccc(C(=O)c4ccc(Cl)cc4)cc3)CC2)cc1. The van der Waals surface area contributed by atoms with Crippen LogP contribution in [0, 0.1) is 6.92 Å². The molecule has 1 N–H and O–H groups in total. The van der Waals surface area contributed by atoms with Crippen LogP contribution in [-0.2, 0) is 11.3 Å². The van der Waals surface area contributed by atoms with Crippen molar-refractivity contribution in [1.82, 2.24) is 10.2 Å². The van der Waals surface area contributed by atoms with Crippen LogP contribution in [0.3, 0.4) is 0 Å². The number of halogens is 1. The highest BCUT2D eigenvalue weighted by atomic mass is 35.5. The van der Waals surface area contributed by atoms with Gasteiger partial charge in [0.2, 0.25) is 0 Å². The lowest BCUT2D eigenvalue weighted by atomic mass is 10.0. The molecule has 0 unspecified atom stereocenters. The van der Waals surface area contributed by atoms with Crippen LogP contribution in [-0.4, -0.2) is 42.3 Å². The Morgan fingerprint density at radius 2 is 1.50 bits per heavy atom. The van der Waals surface area contributed by atoms with E-state index in [4.69, 9.17) is 16.3 Å². The smallest absolute Gasteiger partial charge is 0.258 e. The molecule has 0 saturated carbocycles. The molecule has 1 aliphatic rings. The van der Waals surface area contributed by atoms with Gasteiger partial charge in [-0.15, -0.1) is 0 Å². The van der Waals surface area contributed by atoms with Gasteiger partial charge in [0.25, 0.3) is 5.91 Å². The molecule has 0 radical (unpaired) electrons. The zero-order valence-electron chi connectivity index (χ0n) is 19.3. The first-order valence-corrected chi connectivity index (χ1v) is 11.9. The molecule has 6 heteroatoms. The molecule has 0 bridgehead atoms. The highest BCUT2D eigenvalue weighted by molar-refractivity contribution is 6.30. The summed E-state index contributed by atoms with van der Waals surface area (Å²) in [5.41, 5.74) is 3.72. The van der Waals surface area contributed by atoms with Crippen molar-refractivity contribution >= 4 is 23.3 Å². The van der Waals surface area contributed by atoms with Crippen molar-refractivity contribution in [3.8, 4) is 5.75 Å². The fourth-order valence-corrected chi connectivity index (χ4v) is 4.20.